The smallest absolute Gasteiger partial charge is 0.356 e. The van der Waals surface area contributed by atoms with Crippen LogP contribution in [0.5, 0.6) is 0 Å². The number of nitrogens with zero attached hydrogens (tertiary/aromatic N) is 2. The second kappa shape index (κ2) is 5.23. The van der Waals surface area contributed by atoms with Crippen LogP contribution in [0.15, 0.2) is 32.5 Å². The van der Waals surface area contributed by atoms with E-state index in [9.17, 15) is 13.2 Å². The van der Waals surface area contributed by atoms with Gasteiger partial charge in [-0.05, 0) is 28.1 Å². The molecule has 19 heavy (non-hydrogen) atoms. The number of hydrogen-bond acceptors (Lipinski definition) is 6. The first kappa shape index (κ1) is 13.9. The molecule has 0 radical (unpaired) electrons. The Morgan fingerprint density at radius 2 is 2.11 bits per heavy atom. The van der Waals surface area contributed by atoms with E-state index in [1.165, 1.54) is 12.3 Å². The second-order valence-electron chi connectivity index (χ2n) is 3.26. The minimum Gasteiger partial charge on any atom is -0.476 e. The second-order valence-corrected chi connectivity index (χ2v) is 6.91. The number of aromatic nitrogens is 2. The molecule has 0 spiro atoms. The van der Waals surface area contributed by atoms with Crippen molar-refractivity contribution in [1.29, 1.82) is 0 Å². The summed E-state index contributed by atoms with van der Waals surface area (Å²) in [5, 5.41) is 8.85. The van der Waals surface area contributed by atoms with Crippen molar-refractivity contribution in [2.24, 2.45) is 0 Å². The fourth-order valence-electron chi connectivity index (χ4n) is 1.19. The molecule has 7 nitrogen and oxygen atoms in total. The summed E-state index contributed by atoms with van der Waals surface area (Å²) in [5.74, 6) is -1.31. The van der Waals surface area contributed by atoms with Crippen molar-refractivity contribution < 1.29 is 18.3 Å². The van der Waals surface area contributed by atoms with Gasteiger partial charge in [0.25, 0.3) is 10.0 Å². The van der Waals surface area contributed by atoms with Crippen LogP contribution in [-0.2, 0) is 10.0 Å². The van der Waals surface area contributed by atoms with Gasteiger partial charge in [0.05, 0.1) is 5.51 Å². The van der Waals surface area contributed by atoms with E-state index >= 15 is 0 Å². The van der Waals surface area contributed by atoms with E-state index in [1.807, 2.05) is 0 Å². The molecule has 2 rings (SSSR count). The minimum absolute atomic E-state index is 0.0907. The normalized spacial score (nSPS) is 11.2. The Hall–Kier alpha value is -1.52. The number of rotatable bonds is 4. The van der Waals surface area contributed by atoms with Crippen LogP contribution in [0.1, 0.15) is 10.5 Å². The number of anilines is 1. The number of hydrogen-bond donors (Lipinski definition) is 2. The summed E-state index contributed by atoms with van der Waals surface area (Å²) >= 11 is 3.90. The van der Waals surface area contributed by atoms with Crippen LogP contribution >= 0.6 is 27.3 Å². The molecular weight excluding hydrogens is 358 g/mol. The van der Waals surface area contributed by atoms with Gasteiger partial charge >= 0.3 is 5.97 Å². The molecule has 0 aliphatic rings. The highest BCUT2D eigenvalue weighted by molar-refractivity contribution is 9.10. The van der Waals surface area contributed by atoms with E-state index in [0.717, 1.165) is 16.8 Å². The molecule has 2 aromatic rings. The highest BCUT2D eigenvalue weighted by atomic mass is 79.9. The summed E-state index contributed by atoms with van der Waals surface area (Å²) in [5.41, 5.74) is 0.655. The third-order valence-corrected chi connectivity index (χ3v) is 5.14. The molecule has 0 aliphatic carbocycles. The molecule has 0 saturated carbocycles. The zero-order valence-electron chi connectivity index (χ0n) is 9.07. The Bertz CT molecular complexity index is 711. The van der Waals surface area contributed by atoms with Crippen molar-refractivity contribution in [3.05, 3.63) is 34.0 Å². The first-order valence-electron chi connectivity index (χ1n) is 4.71. The molecule has 0 aromatic carbocycles. The monoisotopic (exact) mass is 363 g/mol. The maximum Gasteiger partial charge on any atom is 0.356 e. The highest BCUT2D eigenvalue weighted by Crippen LogP contribution is 2.22. The van der Waals surface area contributed by atoms with Crippen molar-refractivity contribution in [3.8, 4) is 0 Å². The highest BCUT2D eigenvalue weighted by Gasteiger charge is 2.26. The molecule has 100 valence electrons. The van der Waals surface area contributed by atoms with Gasteiger partial charge in [-0.2, -0.15) is 0 Å². The molecule has 0 aliphatic heterocycles. The first-order valence-corrected chi connectivity index (χ1v) is 7.87. The lowest BCUT2D eigenvalue weighted by atomic mass is 10.5. The van der Waals surface area contributed by atoms with Gasteiger partial charge in [0.2, 0.25) is 0 Å². The Morgan fingerprint density at radius 3 is 2.68 bits per heavy atom. The van der Waals surface area contributed by atoms with Gasteiger partial charge in [-0.3, -0.25) is 4.72 Å². The molecule has 0 bridgehead atoms. The minimum atomic E-state index is -4.01. The van der Waals surface area contributed by atoms with Crippen molar-refractivity contribution in [2.75, 3.05) is 4.72 Å². The lowest BCUT2D eigenvalue weighted by Gasteiger charge is -2.05. The van der Waals surface area contributed by atoms with Crippen molar-refractivity contribution in [2.45, 2.75) is 4.21 Å². The van der Waals surface area contributed by atoms with Crippen molar-refractivity contribution in [3.63, 3.8) is 0 Å². The third kappa shape index (κ3) is 3.08. The standard InChI is InChI=1S/C9H6BrN3O4S2/c10-5-1-2-6(11-3-5)13-19(16,17)9-7(8(14)15)12-4-18-9/h1-4H,(H,11,13)(H,14,15). The number of thiazole rings is 1. The zero-order valence-corrected chi connectivity index (χ0v) is 12.3. The van der Waals surface area contributed by atoms with Crippen LogP contribution < -0.4 is 4.72 Å². The van der Waals surface area contributed by atoms with Gasteiger partial charge in [-0.1, -0.05) is 0 Å². The number of aromatic carboxylic acids is 1. The summed E-state index contributed by atoms with van der Waals surface area (Å²) in [6.45, 7) is 0. The van der Waals surface area contributed by atoms with E-state index in [4.69, 9.17) is 5.11 Å². The Balaban J connectivity index is 2.35. The van der Waals surface area contributed by atoms with E-state index in [-0.39, 0.29) is 10.0 Å². The molecule has 0 amide bonds. The molecule has 2 aromatic heterocycles. The van der Waals surface area contributed by atoms with E-state index in [2.05, 4.69) is 30.6 Å². The quantitative estimate of drug-likeness (QED) is 0.856. The average Bonchev–Trinajstić information content (AvgIpc) is 2.82. The van der Waals surface area contributed by atoms with Gasteiger partial charge in [0.1, 0.15) is 5.82 Å². The van der Waals surface area contributed by atoms with E-state index in [1.54, 1.807) is 6.07 Å². The van der Waals surface area contributed by atoms with Gasteiger partial charge in [0, 0.05) is 10.7 Å². The summed E-state index contributed by atoms with van der Waals surface area (Å²) in [6, 6.07) is 3.05. The molecule has 0 saturated heterocycles. The Morgan fingerprint density at radius 1 is 1.37 bits per heavy atom. The lowest BCUT2D eigenvalue weighted by molar-refractivity contribution is 0.0687. The predicted molar refractivity (Wildman–Crippen MR) is 71.8 cm³/mol. The number of nitrogens with one attached hydrogen (secondary N) is 1. The van der Waals surface area contributed by atoms with Gasteiger partial charge < -0.3 is 5.11 Å². The molecule has 10 heteroatoms. The lowest BCUT2D eigenvalue weighted by Crippen LogP contribution is -2.16. The predicted octanol–water partition coefficient (Wildman–Crippen LogP) is 1.80. The van der Waals surface area contributed by atoms with Crippen molar-refractivity contribution in [1.82, 2.24) is 9.97 Å². The fourth-order valence-corrected chi connectivity index (χ4v) is 3.57. The van der Waals surface area contributed by atoms with Gasteiger partial charge in [-0.15, -0.1) is 11.3 Å². The fraction of sp³-hybridized carbons (Fsp3) is 0. The number of halogens is 1. The average molecular weight is 364 g/mol. The molecule has 0 fully saturated rings. The largest absolute Gasteiger partial charge is 0.476 e. The van der Waals surface area contributed by atoms with Crippen LogP contribution in [0.25, 0.3) is 0 Å². The van der Waals surface area contributed by atoms with Gasteiger partial charge in [-0.25, -0.2) is 23.2 Å². The Kier molecular flexibility index (Phi) is 3.83. The van der Waals surface area contributed by atoms with Crippen LogP contribution in [-0.4, -0.2) is 29.5 Å². The van der Waals surface area contributed by atoms with Crippen molar-refractivity contribution >= 4 is 49.1 Å². The number of carbonyl (C=O) groups is 1. The maximum atomic E-state index is 12.0. The number of carboxylic acids is 1. The molecule has 0 atom stereocenters. The SMILES string of the molecule is O=C(O)c1ncsc1S(=O)(=O)Nc1ccc(Br)cn1. The number of sulfonamides is 1. The van der Waals surface area contributed by atoms with E-state index < -0.39 is 21.7 Å². The molecule has 0 unspecified atom stereocenters. The van der Waals surface area contributed by atoms with Crippen LogP contribution in [0.3, 0.4) is 0 Å². The van der Waals surface area contributed by atoms with Crippen LogP contribution in [0.4, 0.5) is 5.82 Å². The summed E-state index contributed by atoms with van der Waals surface area (Å²) in [7, 11) is -4.01. The molecule has 2 N–H and O–H groups in total. The summed E-state index contributed by atoms with van der Waals surface area (Å²) in [4.78, 5) is 18.2. The zero-order chi connectivity index (χ0) is 14.0. The Labute approximate surface area is 120 Å². The molecular formula is C9H6BrN3O4S2. The van der Waals surface area contributed by atoms with E-state index in [0.29, 0.717) is 4.47 Å². The van der Waals surface area contributed by atoms with Crippen LogP contribution in [0.2, 0.25) is 0 Å². The first-order chi connectivity index (χ1) is 8.90. The van der Waals surface area contributed by atoms with Crippen LogP contribution in [0, 0.1) is 0 Å². The van der Waals surface area contributed by atoms with Gasteiger partial charge in [0.15, 0.2) is 9.90 Å². The topological polar surface area (TPSA) is 109 Å². The maximum absolute atomic E-state index is 12.0. The number of pyridine rings is 1. The molecule has 2 heterocycles. The summed E-state index contributed by atoms with van der Waals surface area (Å²) in [6.07, 6.45) is 1.42. The summed E-state index contributed by atoms with van der Waals surface area (Å²) < 4.78 is 26.6. The number of carboxylic acid groups (broad SMARTS) is 1. The third-order valence-electron chi connectivity index (χ3n) is 1.95.